The van der Waals surface area contributed by atoms with Gasteiger partial charge in [-0.1, -0.05) is 24.3 Å². The number of halogens is 1. The van der Waals surface area contributed by atoms with E-state index in [9.17, 15) is 9.50 Å². The summed E-state index contributed by atoms with van der Waals surface area (Å²) in [5.74, 6) is 0.0594. The van der Waals surface area contributed by atoms with Crippen molar-refractivity contribution in [3.05, 3.63) is 65.0 Å². The van der Waals surface area contributed by atoms with Gasteiger partial charge in [-0.05, 0) is 34.9 Å². The van der Waals surface area contributed by atoms with Gasteiger partial charge in [0.25, 0.3) is 0 Å². The molecule has 0 bridgehead atoms. The maximum absolute atomic E-state index is 13.9. The van der Waals surface area contributed by atoms with Crippen LogP contribution >= 0.6 is 0 Å². The molecule has 1 aliphatic heterocycles. The zero-order valence-electron chi connectivity index (χ0n) is 11.6. The van der Waals surface area contributed by atoms with Gasteiger partial charge < -0.3 is 15.6 Å². The third-order valence-corrected chi connectivity index (χ3v) is 3.99. The van der Waals surface area contributed by atoms with Crippen LogP contribution in [0.4, 0.5) is 4.39 Å². The lowest BCUT2D eigenvalue weighted by molar-refractivity contribution is 0.145. The van der Waals surface area contributed by atoms with Gasteiger partial charge in [0.1, 0.15) is 11.6 Å². The number of fused-ring (bicyclic) bond motifs is 1. The highest BCUT2D eigenvalue weighted by Gasteiger charge is 2.25. The smallest absolute Gasteiger partial charge is 0.126 e. The first kappa shape index (κ1) is 14.0. The van der Waals surface area contributed by atoms with Crippen molar-refractivity contribution in [2.45, 2.75) is 18.4 Å². The topological polar surface area (TPSA) is 55.5 Å². The summed E-state index contributed by atoms with van der Waals surface area (Å²) in [6.07, 6.45) is 0.000823. The third kappa shape index (κ3) is 2.64. The molecule has 2 aromatic rings. The number of aliphatic hydroxyl groups excluding tert-OH is 1. The highest BCUT2D eigenvalue weighted by atomic mass is 19.1. The fraction of sp³-hybridized carbons (Fsp3) is 0.294. The second kappa shape index (κ2) is 5.84. The number of benzene rings is 2. The average molecular weight is 287 g/mol. The molecular formula is C17H18FNO2. The van der Waals surface area contributed by atoms with Gasteiger partial charge in [-0.25, -0.2) is 4.39 Å². The SMILES string of the molecule is NCC(c1ccccc1F)C(O)c1ccc2c(c1)CCO2. The van der Waals surface area contributed by atoms with Gasteiger partial charge in [0.15, 0.2) is 0 Å². The molecule has 0 amide bonds. The minimum atomic E-state index is -0.835. The average Bonchev–Trinajstić information content (AvgIpc) is 2.97. The normalized spacial score (nSPS) is 16.1. The summed E-state index contributed by atoms with van der Waals surface area (Å²) in [6.45, 7) is 0.845. The molecule has 0 spiro atoms. The summed E-state index contributed by atoms with van der Waals surface area (Å²) < 4.78 is 19.4. The molecule has 0 radical (unpaired) electrons. The van der Waals surface area contributed by atoms with Crippen molar-refractivity contribution in [2.75, 3.05) is 13.2 Å². The van der Waals surface area contributed by atoms with Crippen molar-refractivity contribution < 1.29 is 14.2 Å². The van der Waals surface area contributed by atoms with Gasteiger partial charge in [-0.3, -0.25) is 0 Å². The Labute approximate surface area is 123 Å². The van der Waals surface area contributed by atoms with Gasteiger partial charge in [-0.2, -0.15) is 0 Å². The van der Waals surface area contributed by atoms with Crippen LogP contribution in [0.15, 0.2) is 42.5 Å². The third-order valence-electron chi connectivity index (χ3n) is 3.99. The summed E-state index contributed by atoms with van der Waals surface area (Å²) in [4.78, 5) is 0. The summed E-state index contributed by atoms with van der Waals surface area (Å²) >= 11 is 0. The van der Waals surface area contributed by atoms with Crippen LogP contribution in [0.5, 0.6) is 5.75 Å². The number of ether oxygens (including phenoxy) is 1. The fourth-order valence-corrected chi connectivity index (χ4v) is 2.82. The van der Waals surface area contributed by atoms with Crippen LogP contribution in [0.2, 0.25) is 0 Å². The molecule has 0 saturated carbocycles. The predicted octanol–water partition coefficient (Wildman–Crippen LogP) is 2.54. The maximum atomic E-state index is 13.9. The monoisotopic (exact) mass is 287 g/mol. The van der Waals surface area contributed by atoms with E-state index in [0.29, 0.717) is 12.2 Å². The lowest BCUT2D eigenvalue weighted by Crippen LogP contribution is -2.21. The second-order valence-electron chi connectivity index (χ2n) is 5.27. The molecule has 0 fully saturated rings. The van der Waals surface area contributed by atoms with Crippen LogP contribution in [-0.2, 0) is 6.42 Å². The van der Waals surface area contributed by atoms with Crippen LogP contribution < -0.4 is 10.5 Å². The highest BCUT2D eigenvalue weighted by Crippen LogP contribution is 2.35. The molecule has 3 rings (SSSR count). The van der Waals surface area contributed by atoms with Crippen LogP contribution in [0.1, 0.15) is 28.7 Å². The highest BCUT2D eigenvalue weighted by molar-refractivity contribution is 5.41. The Kier molecular flexibility index (Phi) is 3.90. The molecular weight excluding hydrogens is 269 g/mol. The first-order valence-electron chi connectivity index (χ1n) is 7.09. The van der Waals surface area contributed by atoms with E-state index in [4.69, 9.17) is 10.5 Å². The van der Waals surface area contributed by atoms with E-state index in [1.54, 1.807) is 18.2 Å². The first-order valence-corrected chi connectivity index (χ1v) is 7.09. The Morgan fingerprint density at radius 3 is 2.81 bits per heavy atom. The number of hydrogen-bond donors (Lipinski definition) is 2. The molecule has 21 heavy (non-hydrogen) atoms. The molecule has 2 atom stereocenters. The van der Waals surface area contributed by atoms with Gasteiger partial charge in [-0.15, -0.1) is 0 Å². The lowest BCUT2D eigenvalue weighted by atomic mass is 9.88. The quantitative estimate of drug-likeness (QED) is 0.908. The van der Waals surface area contributed by atoms with E-state index in [1.165, 1.54) is 6.07 Å². The van der Waals surface area contributed by atoms with Crippen molar-refractivity contribution in [3.8, 4) is 5.75 Å². The van der Waals surface area contributed by atoms with Gasteiger partial charge >= 0.3 is 0 Å². The minimum Gasteiger partial charge on any atom is -0.493 e. The van der Waals surface area contributed by atoms with E-state index in [1.807, 2.05) is 18.2 Å². The number of hydrogen-bond acceptors (Lipinski definition) is 3. The summed E-state index contributed by atoms with van der Waals surface area (Å²) in [6, 6.07) is 12.0. The Balaban J connectivity index is 1.92. The number of nitrogens with two attached hydrogens (primary N) is 1. The molecule has 0 aromatic heterocycles. The Hall–Kier alpha value is -1.91. The van der Waals surface area contributed by atoms with Crippen molar-refractivity contribution in [2.24, 2.45) is 5.73 Å². The Morgan fingerprint density at radius 2 is 2.05 bits per heavy atom. The zero-order valence-corrected chi connectivity index (χ0v) is 11.6. The Bertz CT molecular complexity index is 644. The van der Waals surface area contributed by atoms with Crippen LogP contribution in [-0.4, -0.2) is 18.3 Å². The second-order valence-corrected chi connectivity index (χ2v) is 5.27. The summed E-state index contributed by atoms with van der Waals surface area (Å²) in [5.41, 5.74) is 8.05. The summed E-state index contributed by atoms with van der Waals surface area (Å²) in [7, 11) is 0. The fourth-order valence-electron chi connectivity index (χ4n) is 2.82. The van der Waals surface area contributed by atoms with Gasteiger partial charge in [0, 0.05) is 18.9 Å². The van der Waals surface area contributed by atoms with Crippen molar-refractivity contribution in [3.63, 3.8) is 0 Å². The van der Waals surface area contributed by atoms with E-state index in [0.717, 1.165) is 23.3 Å². The van der Waals surface area contributed by atoms with E-state index in [2.05, 4.69) is 0 Å². The van der Waals surface area contributed by atoms with Crippen LogP contribution in [0, 0.1) is 5.82 Å². The maximum Gasteiger partial charge on any atom is 0.126 e. The lowest BCUT2D eigenvalue weighted by Gasteiger charge is -2.23. The van der Waals surface area contributed by atoms with E-state index < -0.39 is 12.0 Å². The molecule has 3 N–H and O–H groups in total. The molecule has 0 saturated heterocycles. The van der Waals surface area contributed by atoms with E-state index >= 15 is 0 Å². The number of aliphatic hydroxyl groups is 1. The Morgan fingerprint density at radius 1 is 1.24 bits per heavy atom. The zero-order chi connectivity index (χ0) is 14.8. The van der Waals surface area contributed by atoms with E-state index in [-0.39, 0.29) is 12.4 Å². The van der Waals surface area contributed by atoms with Crippen molar-refractivity contribution >= 4 is 0 Å². The van der Waals surface area contributed by atoms with Crippen molar-refractivity contribution in [1.82, 2.24) is 0 Å². The predicted molar refractivity (Wildman–Crippen MR) is 78.8 cm³/mol. The largest absolute Gasteiger partial charge is 0.493 e. The van der Waals surface area contributed by atoms with Crippen molar-refractivity contribution in [1.29, 1.82) is 0 Å². The molecule has 2 unspecified atom stereocenters. The molecule has 4 heteroatoms. The standard InChI is InChI=1S/C17H18FNO2/c18-15-4-2-1-3-13(15)14(10-19)17(20)12-5-6-16-11(9-12)7-8-21-16/h1-6,9,14,17,20H,7-8,10,19H2. The molecule has 110 valence electrons. The van der Waals surface area contributed by atoms with Crippen LogP contribution in [0.25, 0.3) is 0 Å². The first-order chi connectivity index (χ1) is 10.2. The molecule has 2 aromatic carbocycles. The number of rotatable bonds is 4. The van der Waals surface area contributed by atoms with Crippen LogP contribution in [0.3, 0.4) is 0 Å². The minimum absolute atomic E-state index is 0.176. The van der Waals surface area contributed by atoms with Gasteiger partial charge in [0.2, 0.25) is 0 Å². The molecule has 3 nitrogen and oxygen atoms in total. The molecule has 1 aliphatic rings. The molecule has 0 aliphatic carbocycles. The summed E-state index contributed by atoms with van der Waals surface area (Å²) in [5, 5.41) is 10.6. The van der Waals surface area contributed by atoms with Gasteiger partial charge in [0.05, 0.1) is 12.7 Å². The molecule has 1 heterocycles.